The highest BCUT2D eigenvalue weighted by Gasteiger charge is 2.01. The lowest BCUT2D eigenvalue weighted by atomic mass is 10.5. The fourth-order valence-electron chi connectivity index (χ4n) is 0.848. The van der Waals surface area contributed by atoms with Gasteiger partial charge in [0, 0.05) is 6.20 Å². The maximum atomic E-state index is 4.13. The molecule has 11 heavy (non-hydrogen) atoms. The topological polar surface area (TPSA) is 30.2 Å². The monoisotopic (exact) mass is 275 g/mol. The minimum Gasteiger partial charge on any atom is -0.219 e. The van der Waals surface area contributed by atoms with Gasteiger partial charge in [0.15, 0.2) is 5.65 Å². The van der Waals surface area contributed by atoms with Crippen molar-refractivity contribution < 1.29 is 0 Å². The summed E-state index contributed by atoms with van der Waals surface area (Å²) < 4.78 is 3.25. The van der Waals surface area contributed by atoms with Crippen LogP contribution in [-0.4, -0.2) is 14.6 Å². The molecular formula is C6H3Br2N3. The maximum absolute atomic E-state index is 4.13. The van der Waals surface area contributed by atoms with Crippen molar-refractivity contribution in [2.45, 2.75) is 0 Å². The highest BCUT2D eigenvalue weighted by Crippen LogP contribution is 2.16. The van der Waals surface area contributed by atoms with E-state index in [9.17, 15) is 0 Å². The van der Waals surface area contributed by atoms with Crippen molar-refractivity contribution in [1.82, 2.24) is 14.6 Å². The molecule has 0 unspecified atom stereocenters. The average molecular weight is 277 g/mol. The van der Waals surface area contributed by atoms with E-state index < -0.39 is 0 Å². The number of hydrogen-bond donors (Lipinski definition) is 0. The van der Waals surface area contributed by atoms with Crippen LogP contribution in [0.5, 0.6) is 0 Å². The molecule has 0 aliphatic carbocycles. The third kappa shape index (κ3) is 1.18. The van der Waals surface area contributed by atoms with Crippen LogP contribution in [0.4, 0.5) is 0 Å². The Kier molecular flexibility index (Phi) is 1.69. The molecular weight excluding hydrogens is 274 g/mol. The molecule has 2 rings (SSSR count). The summed E-state index contributed by atoms with van der Waals surface area (Å²) in [4.78, 5) is 4.13. The Labute approximate surface area is 79.7 Å². The van der Waals surface area contributed by atoms with Crippen LogP contribution in [0.25, 0.3) is 5.65 Å². The summed E-state index contributed by atoms with van der Waals surface area (Å²) >= 11 is 6.56. The molecule has 0 saturated carbocycles. The third-order valence-corrected chi connectivity index (χ3v) is 2.24. The second kappa shape index (κ2) is 2.57. The molecule has 0 aliphatic heterocycles. The van der Waals surface area contributed by atoms with Gasteiger partial charge in [0.2, 0.25) is 4.73 Å². The van der Waals surface area contributed by atoms with Gasteiger partial charge in [-0.2, -0.15) is 0 Å². The van der Waals surface area contributed by atoms with Gasteiger partial charge in [-0.25, -0.2) is 9.50 Å². The lowest BCUT2D eigenvalue weighted by Crippen LogP contribution is -1.85. The zero-order chi connectivity index (χ0) is 7.84. The van der Waals surface area contributed by atoms with Crippen molar-refractivity contribution >= 4 is 37.5 Å². The standard InChI is InChI=1S/C6H3Br2N3/c7-4-2-1-3-11-5(4)9-6(8)10-11/h1-3H. The molecule has 2 aromatic rings. The maximum Gasteiger partial charge on any atom is 0.218 e. The van der Waals surface area contributed by atoms with Crippen LogP contribution >= 0.6 is 31.9 Å². The fourth-order valence-corrected chi connectivity index (χ4v) is 1.61. The van der Waals surface area contributed by atoms with Crippen LogP contribution in [-0.2, 0) is 0 Å². The van der Waals surface area contributed by atoms with Crippen molar-refractivity contribution in [1.29, 1.82) is 0 Å². The first-order valence-corrected chi connectivity index (χ1v) is 4.52. The Morgan fingerprint density at radius 3 is 2.91 bits per heavy atom. The van der Waals surface area contributed by atoms with Gasteiger partial charge >= 0.3 is 0 Å². The second-order valence-electron chi connectivity index (χ2n) is 2.01. The highest BCUT2D eigenvalue weighted by atomic mass is 79.9. The molecule has 0 N–H and O–H groups in total. The van der Waals surface area contributed by atoms with Crippen LogP contribution in [0.2, 0.25) is 0 Å². The summed E-state index contributed by atoms with van der Waals surface area (Å²) in [6, 6.07) is 3.83. The molecule has 0 aliphatic rings. The summed E-state index contributed by atoms with van der Waals surface area (Å²) in [6.45, 7) is 0. The van der Waals surface area contributed by atoms with Gasteiger partial charge < -0.3 is 0 Å². The van der Waals surface area contributed by atoms with Gasteiger partial charge in [0.1, 0.15) is 0 Å². The van der Waals surface area contributed by atoms with E-state index in [0.29, 0.717) is 4.73 Å². The molecule has 0 atom stereocenters. The molecule has 3 nitrogen and oxygen atoms in total. The van der Waals surface area contributed by atoms with Crippen LogP contribution in [0.1, 0.15) is 0 Å². The number of fused-ring (bicyclic) bond motifs is 1. The van der Waals surface area contributed by atoms with Gasteiger partial charge in [0.05, 0.1) is 4.47 Å². The smallest absolute Gasteiger partial charge is 0.218 e. The Bertz CT molecular complexity index is 396. The van der Waals surface area contributed by atoms with E-state index in [1.165, 1.54) is 0 Å². The summed E-state index contributed by atoms with van der Waals surface area (Å²) in [5.41, 5.74) is 0.819. The SMILES string of the molecule is Brc1nc2c(Br)cccn2n1. The van der Waals surface area contributed by atoms with Crippen LogP contribution < -0.4 is 0 Å². The molecule has 5 heteroatoms. The van der Waals surface area contributed by atoms with Gasteiger partial charge in [-0.1, -0.05) is 0 Å². The second-order valence-corrected chi connectivity index (χ2v) is 3.57. The summed E-state index contributed by atoms with van der Waals surface area (Å²) in [5, 5.41) is 4.07. The van der Waals surface area contributed by atoms with E-state index >= 15 is 0 Å². The zero-order valence-electron chi connectivity index (χ0n) is 5.33. The van der Waals surface area contributed by atoms with E-state index in [1.54, 1.807) is 4.52 Å². The number of hydrogen-bond acceptors (Lipinski definition) is 2. The molecule has 0 fully saturated rings. The van der Waals surface area contributed by atoms with Crippen molar-refractivity contribution in [3.8, 4) is 0 Å². The van der Waals surface area contributed by atoms with Crippen LogP contribution in [0.15, 0.2) is 27.5 Å². The number of halogens is 2. The highest BCUT2D eigenvalue weighted by molar-refractivity contribution is 9.11. The van der Waals surface area contributed by atoms with Crippen molar-refractivity contribution in [3.63, 3.8) is 0 Å². The van der Waals surface area contributed by atoms with E-state index in [0.717, 1.165) is 10.1 Å². The average Bonchev–Trinajstić information content (AvgIpc) is 2.31. The summed E-state index contributed by atoms with van der Waals surface area (Å²) in [7, 11) is 0. The van der Waals surface area contributed by atoms with Gasteiger partial charge in [-0.3, -0.25) is 0 Å². The minimum absolute atomic E-state index is 0.601. The third-order valence-electron chi connectivity index (χ3n) is 1.29. The number of aromatic nitrogens is 3. The minimum atomic E-state index is 0.601. The number of pyridine rings is 1. The number of rotatable bonds is 0. The molecule has 0 amide bonds. The Hall–Kier alpha value is -0.420. The molecule has 0 aromatic carbocycles. The summed E-state index contributed by atoms with van der Waals surface area (Å²) in [5.74, 6) is 0. The summed E-state index contributed by atoms with van der Waals surface area (Å²) in [6.07, 6.45) is 1.85. The van der Waals surface area contributed by atoms with E-state index in [-0.39, 0.29) is 0 Å². The molecule has 2 aromatic heterocycles. The van der Waals surface area contributed by atoms with E-state index in [4.69, 9.17) is 0 Å². The fraction of sp³-hybridized carbons (Fsp3) is 0. The van der Waals surface area contributed by atoms with Crippen molar-refractivity contribution in [2.75, 3.05) is 0 Å². The normalized spacial score (nSPS) is 10.7. The molecule has 0 bridgehead atoms. The van der Waals surface area contributed by atoms with E-state index in [2.05, 4.69) is 41.9 Å². The van der Waals surface area contributed by atoms with Gasteiger partial charge in [-0.15, -0.1) is 5.10 Å². The quantitative estimate of drug-likeness (QED) is 0.739. The largest absolute Gasteiger partial charge is 0.219 e. The van der Waals surface area contributed by atoms with Gasteiger partial charge in [-0.05, 0) is 44.0 Å². The first-order valence-electron chi connectivity index (χ1n) is 2.94. The molecule has 56 valence electrons. The first-order chi connectivity index (χ1) is 5.27. The van der Waals surface area contributed by atoms with Crippen molar-refractivity contribution in [2.24, 2.45) is 0 Å². The first kappa shape index (κ1) is 7.24. The van der Waals surface area contributed by atoms with Crippen LogP contribution in [0.3, 0.4) is 0 Å². The zero-order valence-corrected chi connectivity index (χ0v) is 8.50. The molecule has 2 heterocycles. The lowest BCUT2D eigenvalue weighted by Gasteiger charge is -1.90. The number of nitrogens with zero attached hydrogens (tertiary/aromatic N) is 3. The van der Waals surface area contributed by atoms with Gasteiger partial charge in [0.25, 0.3) is 0 Å². The molecule has 0 saturated heterocycles. The Balaban J connectivity index is 2.90. The van der Waals surface area contributed by atoms with Crippen LogP contribution in [0, 0.1) is 0 Å². The Morgan fingerprint density at radius 2 is 2.18 bits per heavy atom. The van der Waals surface area contributed by atoms with E-state index in [1.807, 2.05) is 18.3 Å². The lowest BCUT2D eigenvalue weighted by molar-refractivity contribution is 0.943. The predicted molar refractivity (Wildman–Crippen MR) is 48.4 cm³/mol. The Morgan fingerprint density at radius 1 is 1.36 bits per heavy atom. The van der Waals surface area contributed by atoms with Crippen molar-refractivity contribution in [3.05, 3.63) is 27.5 Å². The molecule has 0 spiro atoms. The molecule has 0 radical (unpaired) electrons. The predicted octanol–water partition coefficient (Wildman–Crippen LogP) is 2.25.